The van der Waals surface area contributed by atoms with E-state index in [1.165, 1.54) is 12.8 Å². The topological polar surface area (TPSA) is 38.3 Å². The molecule has 1 fully saturated rings. The van der Waals surface area contributed by atoms with Gasteiger partial charge in [-0.15, -0.1) is 0 Å². The Kier molecular flexibility index (Phi) is 4.69. The Hall–Kier alpha value is -1.51. The molecule has 0 unspecified atom stereocenters. The van der Waals surface area contributed by atoms with Crippen molar-refractivity contribution in [3.63, 3.8) is 0 Å². The van der Waals surface area contributed by atoms with Gasteiger partial charge in [0, 0.05) is 12.1 Å². The highest BCUT2D eigenvalue weighted by atomic mass is 16.5. The number of hydrogen-bond acceptors (Lipinski definition) is 2. The van der Waals surface area contributed by atoms with Crippen LogP contribution in [0.4, 0.5) is 5.69 Å². The fourth-order valence-corrected chi connectivity index (χ4v) is 2.50. The van der Waals surface area contributed by atoms with E-state index in [4.69, 9.17) is 4.74 Å². The van der Waals surface area contributed by atoms with Crippen molar-refractivity contribution in [3.05, 3.63) is 24.3 Å². The Morgan fingerprint density at radius 3 is 2.35 bits per heavy atom. The molecule has 20 heavy (non-hydrogen) atoms. The average Bonchev–Trinajstić information content (AvgIpc) is 2.82. The van der Waals surface area contributed by atoms with Gasteiger partial charge in [0.1, 0.15) is 5.75 Å². The van der Waals surface area contributed by atoms with Crippen molar-refractivity contribution in [3.8, 4) is 5.75 Å². The van der Waals surface area contributed by atoms with Gasteiger partial charge < -0.3 is 10.1 Å². The van der Waals surface area contributed by atoms with Gasteiger partial charge in [-0.25, -0.2) is 0 Å². The minimum Gasteiger partial charge on any atom is -0.490 e. The number of benzene rings is 1. The molecule has 0 spiro atoms. The quantitative estimate of drug-likeness (QED) is 0.885. The summed E-state index contributed by atoms with van der Waals surface area (Å²) in [7, 11) is 0. The lowest BCUT2D eigenvalue weighted by Gasteiger charge is -2.17. The van der Waals surface area contributed by atoms with Gasteiger partial charge >= 0.3 is 0 Å². The summed E-state index contributed by atoms with van der Waals surface area (Å²) < 4.78 is 5.90. The van der Waals surface area contributed by atoms with Crippen LogP contribution >= 0.6 is 0 Å². The van der Waals surface area contributed by atoms with Gasteiger partial charge in [-0.2, -0.15) is 0 Å². The molecular formula is C17H25NO2. The maximum Gasteiger partial charge on any atom is 0.224 e. The van der Waals surface area contributed by atoms with E-state index in [0.29, 0.717) is 12.5 Å². The molecule has 110 valence electrons. The highest BCUT2D eigenvalue weighted by Gasteiger charge is 2.17. The Morgan fingerprint density at radius 1 is 1.20 bits per heavy atom. The highest BCUT2D eigenvalue weighted by Crippen LogP contribution is 2.25. The molecule has 2 rings (SSSR count). The number of amides is 1. The minimum absolute atomic E-state index is 0.00953. The summed E-state index contributed by atoms with van der Waals surface area (Å²) in [4.78, 5) is 11.8. The van der Waals surface area contributed by atoms with E-state index in [9.17, 15) is 4.79 Å². The van der Waals surface area contributed by atoms with Crippen LogP contribution in [-0.4, -0.2) is 12.0 Å². The van der Waals surface area contributed by atoms with Gasteiger partial charge in [0.25, 0.3) is 0 Å². The lowest BCUT2D eigenvalue weighted by Crippen LogP contribution is -2.19. The van der Waals surface area contributed by atoms with Gasteiger partial charge in [0.05, 0.1) is 6.10 Å². The SMILES string of the molecule is CC(C)(C)CC(=O)Nc1ccc(OC2CCCC2)cc1. The van der Waals surface area contributed by atoms with E-state index < -0.39 is 0 Å². The molecule has 3 nitrogen and oxygen atoms in total. The maximum atomic E-state index is 11.8. The molecule has 0 radical (unpaired) electrons. The van der Waals surface area contributed by atoms with E-state index in [1.54, 1.807) is 0 Å². The average molecular weight is 275 g/mol. The Morgan fingerprint density at radius 2 is 1.80 bits per heavy atom. The third-order valence-corrected chi connectivity index (χ3v) is 3.43. The summed E-state index contributed by atoms with van der Waals surface area (Å²) >= 11 is 0. The molecule has 1 aliphatic carbocycles. The van der Waals surface area contributed by atoms with E-state index in [1.807, 2.05) is 24.3 Å². The van der Waals surface area contributed by atoms with Gasteiger partial charge in [-0.3, -0.25) is 4.79 Å². The molecule has 1 N–H and O–H groups in total. The first-order valence-electron chi connectivity index (χ1n) is 7.49. The van der Waals surface area contributed by atoms with E-state index in [2.05, 4.69) is 26.1 Å². The highest BCUT2D eigenvalue weighted by molar-refractivity contribution is 5.91. The summed E-state index contributed by atoms with van der Waals surface area (Å²) in [6.45, 7) is 6.18. The van der Waals surface area contributed by atoms with Crippen LogP contribution in [0.15, 0.2) is 24.3 Å². The van der Waals surface area contributed by atoms with Crippen molar-refractivity contribution in [2.24, 2.45) is 5.41 Å². The lowest BCUT2D eigenvalue weighted by molar-refractivity contribution is -0.117. The zero-order valence-corrected chi connectivity index (χ0v) is 12.7. The van der Waals surface area contributed by atoms with Crippen molar-refractivity contribution in [2.75, 3.05) is 5.32 Å². The second-order valence-corrected chi connectivity index (χ2v) is 6.83. The Labute approximate surface area is 121 Å². The predicted octanol–water partition coefficient (Wildman–Crippen LogP) is 4.38. The smallest absolute Gasteiger partial charge is 0.224 e. The molecule has 0 saturated heterocycles. The van der Waals surface area contributed by atoms with Crippen LogP contribution in [-0.2, 0) is 4.79 Å². The molecule has 3 heteroatoms. The molecule has 1 aromatic rings. The summed E-state index contributed by atoms with van der Waals surface area (Å²) in [5, 5.41) is 2.92. The lowest BCUT2D eigenvalue weighted by atomic mass is 9.92. The minimum atomic E-state index is 0.00953. The monoisotopic (exact) mass is 275 g/mol. The van der Waals surface area contributed by atoms with Crippen LogP contribution in [0.5, 0.6) is 5.75 Å². The molecular weight excluding hydrogens is 250 g/mol. The summed E-state index contributed by atoms with van der Waals surface area (Å²) in [6, 6.07) is 7.69. The Balaban J connectivity index is 1.86. The zero-order chi connectivity index (χ0) is 14.6. The zero-order valence-electron chi connectivity index (χ0n) is 12.7. The largest absolute Gasteiger partial charge is 0.490 e. The number of carbonyl (C=O) groups excluding carboxylic acids is 1. The first kappa shape index (κ1) is 14.9. The normalized spacial score (nSPS) is 16.1. The first-order chi connectivity index (χ1) is 9.42. The number of rotatable bonds is 4. The molecule has 0 bridgehead atoms. The molecule has 1 aliphatic rings. The second kappa shape index (κ2) is 6.29. The molecule has 0 atom stereocenters. The summed E-state index contributed by atoms with van der Waals surface area (Å²) in [5.74, 6) is 0.952. The van der Waals surface area contributed by atoms with Crippen LogP contribution in [0.25, 0.3) is 0 Å². The number of carbonyl (C=O) groups is 1. The number of anilines is 1. The van der Waals surface area contributed by atoms with Crippen molar-refractivity contribution >= 4 is 11.6 Å². The third-order valence-electron chi connectivity index (χ3n) is 3.43. The Bertz CT molecular complexity index is 439. The number of hydrogen-bond donors (Lipinski definition) is 1. The number of ether oxygens (including phenoxy) is 1. The van der Waals surface area contributed by atoms with Gasteiger partial charge in [-0.1, -0.05) is 20.8 Å². The second-order valence-electron chi connectivity index (χ2n) is 6.83. The van der Waals surface area contributed by atoms with Gasteiger partial charge in [0.2, 0.25) is 5.91 Å². The molecule has 0 heterocycles. The molecule has 1 amide bonds. The maximum absolute atomic E-state index is 11.8. The molecule has 0 aliphatic heterocycles. The van der Waals surface area contributed by atoms with E-state index in [0.717, 1.165) is 24.3 Å². The summed E-state index contributed by atoms with van der Waals surface area (Å²) in [5.41, 5.74) is 0.841. The van der Waals surface area contributed by atoms with Gasteiger partial charge in [0.15, 0.2) is 0 Å². The molecule has 0 aromatic heterocycles. The standard InChI is InChI=1S/C17H25NO2/c1-17(2,3)12-16(19)18-13-8-10-15(11-9-13)20-14-6-4-5-7-14/h8-11,14H,4-7,12H2,1-3H3,(H,18,19). The van der Waals surface area contributed by atoms with Crippen molar-refractivity contribution in [2.45, 2.75) is 59.0 Å². The molecule has 1 aromatic carbocycles. The molecule has 1 saturated carbocycles. The van der Waals surface area contributed by atoms with Crippen LogP contribution < -0.4 is 10.1 Å². The number of nitrogens with one attached hydrogen (secondary N) is 1. The van der Waals surface area contributed by atoms with Crippen molar-refractivity contribution < 1.29 is 9.53 Å². The van der Waals surface area contributed by atoms with Crippen molar-refractivity contribution in [1.29, 1.82) is 0 Å². The van der Waals surface area contributed by atoms with Gasteiger partial charge in [-0.05, 0) is 55.4 Å². The first-order valence-corrected chi connectivity index (χ1v) is 7.49. The van der Waals surface area contributed by atoms with E-state index in [-0.39, 0.29) is 11.3 Å². The fraction of sp³-hybridized carbons (Fsp3) is 0.588. The van der Waals surface area contributed by atoms with Crippen LogP contribution in [0.2, 0.25) is 0 Å². The third kappa shape index (κ3) is 4.87. The van der Waals surface area contributed by atoms with Crippen LogP contribution in [0.3, 0.4) is 0 Å². The van der Waals surface area contributed by atoms with Crippen molar-refractivity contribution in [1.82, 2.24) is 0 Å². The van der Waals surface area contributed by atoms with E-state index >= 15 is 0 Å². The summed E-state index contributed by atoms with van der Waals surface area (Å²) in [6.07, 6.45) is 5.75. The predicted molar refractivity (Wildman–Crippen MR) is 82.0 cm³/mol. The van der Waals surface area contributed by atoms with Crippen LogP contribution in [0.1, 0.15) is 52.9 Å². The van der Waals surface area contributed by atoms with Crippen LogP contribution in [0, 0.1) is 5.41 Å². The fourth-order valence-electron chi connectivity index (χ4n) is 2.50.